The lowest BCUT2D eigenvalue weighted by atomic mass is 10.0. The lowest BCUT2D eigenvalue weighted by molar-refractivity contribution is 0.0938. The van der Waals surface area contributed by atoms with E-state index in [1.54, 1.807) is 12.1 Å². The summed E-state index contributed by atoms with van der Waals surface area (Å²) in [6, 6.07) is 5.72. The predicted molar refractivity (Wildman–Crippen MR) is 93.4 cm³/mol. The van der Waals surface area contributed by atoms with Crippen LogP contribution in [0.5, 0.6) is 0 Å². The summed E-state index contributed by atoms with van der Waals surface area (Å²) in [7, 11) is 4.09. The summed E-state index contributed by atoms with van der Waals surface area (Å²) >= 11 is 8.19. The van der Waals surface area contributed by atoms with Crippen LogP contribution in [0.1, 0.15) is 30.6 Å². The first-order valence-electron chi connectivity index (χ1n) is 6.71. The van der Waals surface area contributed by atoms with Crippen molar-refractivity contribution in [3.05, 3.63) is 32.4 Å². The zero-order valence-corrected chi connectivity index (χ0v) is 15.3. The molecule has 0 heterocycles. The number of hydrogen-bond acceptors (Lipinski definition) is 2. The van der Waals surface area contributed by atoms with Crippen LogP contribution in [-0.2, 0) is 0 Å². The molecule has 1 rings (SSSR count). The van der Waals surface area contributed by atoms with Gasteiger partial charge < -0.3 is 10.2 Å². The van der Waals surface area contributed by atoms with E-state index in [-0.39, 0.29) is 5.91 Å². The van der Waals surface area contributed by atoms with Gasteiger partial charge in [0.05, 0.1) is 5.02 Å². The van der Waals surface area contributed by atoms with E-state index < -0.39 is 0 Å². The quantitative estimate of drug-likeness (QED) is 0.729. The van der Waals surface area contributed by atoms with Gasteiger partial charge in [0.2, 0.25) is 0 Å². The largest absolute Gasteiger partial charge is 0.350 e. The van der Waals surface area contributed by atoms with Crippen LogP contribution in [0.25, 0.3) is 0 Å². The minimum Gasteiger partial charge on any atom is -0.350 e. The number of likely N-dealkylation sites (N-methyl/N-ethyl adjacent to an activating group) is 1. The molecule has 112 valence electrons. The van der Waals surface area contributed by atoms with Gasteiger partial charge in [-0.25, -0.2) is 0 Å². The fourth-order valence-corrected chi connectivity index (χ4v) is 2.49. The van der Waals surface area contributed by atoms with E-state index in [4.69, 9.17) is 11.6 Å². The van der Waals surface area contributed by atoms with E-state index in [0.29, 0.717) is 29.1 Å². The zero-order chi connectivity index (χ0) is 15.3. The van der Waals surface area contributed by atoms with E-state index in [9.17, 15) is 4.79 Å². The lowest BCUT2D eigenvalue weighted by Gasteiger charge is -2.26. The summed E-state index contributed by atoms with van der Waals surface area (Å²) in [6.07, 6.45) is 1.06. The summed E-state index contributed by atoms with van der Waals surface area (Å²) in [4.78, 5) is 14.3. The molecule has 20 heavy (non-hydrogen) atoms. The first kappa shape index (κ1) is 17.7. The summed E-state index contributed by atoms with van der Waals surface area (Å²) in [6.45, 7) is 5.03. The number of nitrogens with one attached hydrogen (secondary N) is 1. The second-order valence-electron chi connectivity index (χ2n) is 5.59. The number of rotatable bonds is 6. The highest BCUT2D eigenvalue weighted by Gasteiger charge is 2.15. The molecule has 1 aromatic carbocycles. The molecule has 0 aliphatic carbocycles. The third-order valence-corrected chi connectivity index (χ3v) is 4.73. The molecule has 0 aliphatic rings. The summed E-state index contributed by atoms with van der Waals surface area (Å²) < 4.78 is 0.951. The predicted octanol–water partition coefficient (Wildman–Crippen LogP) is 3.65. The van der Waals surface area contributed by atoms with Gasteiger partial charge in [-0.3, -0.25) is 4.79 Å². The molecule has 1 aromatic rings. The van der Waals surface area contributed by atoms with Gasteiger partial charge >= 0.3 is 0 Å². The fourth-order valence-electron chi connectivity index (χ4n) is 1.97. The molecular formula is C15H22ClIN2O. The van der Waals surface area contributed by atoms with Crippen LogP contribution in [0.4, 0.5) is 0 Å². The second-order valence-corrected chi connectivity index (χ2v) is 7.16. The van der Waals surface area contributed by atoms with Crippen LogP contribution in [0, 0.1) is 9.49 Å². The fraction of sp³-hybridized carbons (Fsp3) is 0.533. The topological polar surface area (TPSA) is 32.3 Å². The smallest absolute Gasteiger partial charge is 0.251 e. The Balaban J connectivity index is 2.63. The van der Waals surface area contributed by atoms with Crippen LogP contribution >= 0.6 is 34.2 Å². The number of amides is 1. The molecule has 0 spiro atoms. The first-order valence-corrected chi connectivity index (χ1v) is 8.16. The van der Waals surface area contributed by atoms with Gasteiger partial charge in [0.1, 0.15) is 0 Å². The van der Waals surface area contributed by atoms with Crippen LogP contribution in [0.15, 0.2) is 18.2 Å². The minimum absolute atomic E-state index is 0.0705. The molecule has 0 saturated carbocycles. The highest BCUT2D eigenvalue weighted by molar-refractivity contribution is 14.1. The molecule has 0 aliphatic heterocycles. The molecule has 3 nitrogen and oxygen atoms in total. The van der Waals surface area contributed by atoms with Gasteiger partial charge in [-0.2, -0.15) is 0 Å². The van der Waals surface area contributed by atoms with Gasteiger partial charge in [-0.15, -0.1) is 0 Å². The third kappa shape index (κ3) is 5.58. The maximum atomic E-state index is 12.1. The van der Waals surface area contributed by atoms with Gasteiger partial charge in [-0.1, -0.05) is 25.4 Å². The highest BCUT2D eigenvalue weighted by atomic mass is 127. The van der Waals surface area contributed by atoms with E-state index in [1.807, 2.05) is 20.2 Å². The van der Waals surface area contributed by atoms with Gasteiger partial charge in [0.25, 0.3) is 5.91 Å². The van der Waals surface area contributed by atoms with Gasteiger partial charge in [0, 0.05) is 21.7 Å². The molecule has 1 amide bonds. The molecule has 0 fully saturated rings. The Morgan fingerprint density at radius 3 is 2.55 bits per heavy atom. The standard InChI is InChI=1S/C15H22ClIN2O/c1-10(2)7-12(19(3)4)9-18-15(20)11-5-6-14(17)13(16)8-11/h5-6,8,10,12H,7,9H2,1-4H3,(H,18,20). The Morgan fingerprint density at radius 2 is 2.05 bits per heavy atom. The van der Waals surface area contributed by atoms with E-state index in [0.717, 1.165) is 9.99 Å². The molecule has 1 N–H and O–H groups in total. The molecule has 0 radical (unpaired) electrons. The van der Waals surface area contributed by atoms with Crippen molar-refractivity contribution in [3.63, 3.8) is 0 Å². The van der Waals surface area contributed by atoms with Crippen molar-refractivity contribution in [2.45, 2.75) is 26.3 Å². The van der Waals surface area contributed by atoms with Gasteiger partial charge in [-0.05, 0) is 67.2 Å². The number of nitrogens with zero attached hydrogens (tertiary/aromatic N) is 1. The summed E-state index contributed by atoms with van der Waals surface area (Å²) in [5, 5.41) is 3.61. The van der Waals surface area contributed by atoms with Crippen molar-refractivity contribution in [1.29, 1.82) is 0 Å². The van der Waals surface area contributed by atoms with Crippen LogP contribution in [0.3, 0.4) is 0 Å². The van der Waals surface area contributed by atoms with Crippen molar-refractivity contribution in [2.24, 2.45) is 5.92 Å². The average Bonchev–Trinajstić information content (AvgIpc) is 2.36. The van der Waals surface area contributed by atoms with Crippen LogP contribution in [-0.4, -0.2) is 37.5 Å². The van der Waals surface area contributed by atoms with Crippen molar-refractivity contribution < 1.29 is 4.79 Å². The zero-order valence-electron chi connectivity index (χ0n) is 12.4. The Labute approximate surface area is 140 Å². The molecule has 0 saturated heterocycles. The van der Waals surface area contributed by atoms with Crippen molar-refractivity contribution in [2.75, 3.05) is 20.6 Å². The van der Waals surface area contributed by atoms with Crippen molar-refractivity contribution in [3.8, 4) is 0 Å². The van der Waals surface area contributed by atoms with Crippen molar-refractivity contribution in [1.82, 2.24) is 10.2 Å². The Bertz CT molecular complexity index is 463. The minimum atomic E-state index is -0.0705. The number of benzene rings is 1. The molecule has 1 atom stereocenters. The van der Waals surface area contributed by atoms with Crippen LogP contribution < -0.4 is 5.32 Å². The van der Waals surface area contributed by atoms with Crippen LogP contribution in [0.2, 0.25) is 5.02 Å². The number of carbonyl (C=O) groups excluding carboxylic acids is 1. The number of hydrogen-bond donors (Lipinski definition) is 1. The SMILES string of the molecule is CC(C)CC(CNC(=O)c1ccc(I)c(Cl)c1)N(C)C. The monoisotopic (exact) mass is 408 g/mol. The maximum absolute atomic E-state index is 12.1. The Hall–Kier alpha value is -0.330. The third-order valence-electron chi connectivity index (χ3n) is 3.15. The van der Waals surface area contributed by atoms with E-state index >= 15 is 0 Å². The first-order chi connectivity index (χ1) is 9.31. The number of carbonyl (C=O) groups is 1. The van der Waals surface area contributed by atoms with Gasteiger partial charge in [0.15, 0.2) is 0 Å². The second kappa shape index (κ2) is 8.20. The Morgan fingerprint density at radius 1 is 1.40 bits per heavy atom. The maximum Gasteiger partial charge on any atom is 0.251 e. The summed E-state index contributed by atoms with van der Waals surface area (Å²) in [5.74, 6) is 0.533. The number of halogens is 2. The lowest BCUT2D eigenvalue weighted by Crippen LogP contribution is -2.41. The van der Waals surface area contributed by atoms with Crippen molar-refractivity contribution >= 4 is 40.1 Å². The molecular weight excluding hydrogens is 387 g/mol. The molecule has 0 bridgehead atoms. The Kier molecular flexibility index (Phi) is 7.26. The molecule has 1 unspecified atom stereocenters. The molecule has 0 aromatic heterocycles. The van der Waals surface area contributed by atoms with E-state index in [2.05, 4.69) is 46.7 Å². The van der Waals surface area contributed by atoms with E-state index in [1.165, 1.54) is 0 Å². The molecule has 5 heteroatoms. The highest BCUT2D eigenvalue weighted by Crippen LogP contribution is 2.19. The normalized spacial score (nSPS) is 12.8. The average molecular weight is 409 g/mol. The summed E-state index contributed by atoms with van der Waals surface area (Å²) in [5.41, 5.74) is 0.609.